The average Bonchev–Trinajstić information content (AvgIpc) is 2.43. The fourth-order valence-electron chi connectivity index (χ4n) is 1.70. The number of halogens is 2. The lowest BCUT2D eigenvalue weighted by Gasteiger charge is -2.06. The zero-order valence-electron chi connectivity index (χ0n) is 10.2. The van der Waals surface area contributed by atoms with Crippen molar-refractivity contribution in [1.82, 2.24) is 4.98 Å². The Labute approximate surface area is 108 Å². The molecule has 3 nitrogen and oxygen atoms in total. The van der Waals surface area contributed by atoms with Gasteiger partial charge in [-0.15, -0.1) is 0 Å². The van der Waals surface area contributed by atoms with Crippen LogP contribution in [0.25, 0.3) is 0 Å². The molecular formula is C14H11F2NO2. The Bertz CT molecular complexity index is 614. The molecule has 0 fully saturated rings. The number of carbonyl (C=O) groups is 1. The first-order chi connectivity index (χ1) is 9.11. The second kappa shape index (κ2) is 5.56. The number of methoxy groups -OCH3 is 1. The zero-order valence-corrected chi connectivity index (χ0v) is 10.2. The Morgan fingerprint density at radius 3 is 2.74 bits per heavy atom. The maximum Gasteiger partial charge on any atom is 0.224 e. The van der Waals surface area contributed by atoms with Crippen molar-refractivity contribution in [2.24, 2.45) is 0 Å². The van der Waals surface area contributed by atoms with Crippen molar-refractivity contribution in [1.29, 1.82) is 0 Å². The van der Waals surface area contributed by atoms with Gasteiger partial charge in [0.05, 0.1) is 12.7 Å². The number of hydrogen-bond donors (Lipinski definition) is 0. The molecule has 0 saturated heterocycles. The first-order valence-corrected chi connectivity index (χ1v) is 5.58. The Kier molecular flexibility index (Phi) is 3.85. The maximum atomic E-state index is 13.1. The maximum absolute atomic E-state index is 13.1. The standard InChI is InChI=1S/C14H11F2NO2/c1-19-14-10(3-2-6-17-14)13(18)8-9-4-5-11(15)12(16)7-9/h2-7H,8H2,1H3. The van der Waals surface area contributed by atoms with Gasteiger partial charge in [-0.25, -0.2) is 13.8 Å². The van der Waals surface area contributed by atoms with Gasteiger partial charge in [-0.1, -0.05) is 6.07 Å². The molecule has 0 radical (unpaired) electrons. The van der Waals surface area contributed by atoms with E-state index in [0.29, 0.717) is 11.1 Å². The first-order valence-electron chi connectivity index (χ1n) is 5.58. The molecule has 19 heavy (non-hydrogen) atoms. The highest BCUT2D eigenvalue weighted by molar-refractivity contribution is 5.99. The molecule has 0 aliphatic heterocycles. The van der Waals surface area contributed by atoms with E-state index in [4.69, 9.17) is 4.74 Å². The van der Waals surface area contributed by atoms with Crippen molar-refractivity contribution in [3.05, 3.63) is 59.3 Å². The summed E-state index contributed by atoms with van der Waals surface area (Å²) in [4.78, 5) is 16.0. The van der Waals surface area contributed by atoms with E-state index in [1.165, 1.54) is 19.4 Å². The molecule has 2 rings (SSSR count). The molecule has 98 valence electrons. The van der Waals surface area contributed by atoms with Crippen LogP contribution in [0.4, 0.5) is 8.78 Å². The van der Waals surface area contributed by atoms with Crippen LogP contribution in [-0.4, -0.2) is 17.9 Å². The molecule has 0 aliphatic rings. The fraction of sp³-hybridized carbons (Fsp3) is 0.143. The number of Topliss-reactive ketones (excluding diaryl/α,β-unsaturated/α-hetero) is 1. The summed E-state index contributed by atoms with van der Waals surface area (Å²) in [5.41, 5.74) is 0.713. The normalized spacial score (nSPS) is 10.3. The highest BCUT2D eigenvalue weighted by atomic mass is 19.2. The molecule has 5 heteroatoms. The summed E-state index contributed by atoms with van der Waals surface area (Å²) in [7, 11) is 1.41. The predicted octanol–water partition coefficient (Wildman–Crippen LogP) is 2.79. The van der Waals surface area contributed by atoms with Crippen molar-refractivity contribution in [3.63, 3.8) is 0 Å². The monoisotopic (exact) mass is 263 g/mol. The van der Waals surface area contributed by atoms with E-state index >= 15 is 0 Å². The van der Waals surface area contributed by atoms with Crippen LogP contribution in [0.1, 0.15) is 15.9 Å². The smallest absolute Gasteiger partial charge is 0.224 e. The lowest BCUT2D eigenvalue weighted by molar-refractivity contribution is 0.0989. The molecule has 0 atom stereocenters. The van der Waals surface area contributed by atoms with Gasteiger partial charge in [0.25, 0.3) is 0 Å². The number of benzene rings is 1. The van der Waals surface area contributed by atoms with E-state index in [-0.39, 0.29) is 18.1 Å². The van der Waals surface area contributed by atoms with Gasteiger partial charge in [0, 0.05) is 12.6 Å². The summed E-state index contributed by atoms with van der Waals surface area (Å²) in [6.45, 7) is 0. The SMILES string of the molecule is COc1ncccc1C(=O)Cc1ccc(F)c(F)c1. The van der Waals surface area contributed by atoms with E-state index < -0.39 is 11.6 Å². The molecule has 0 N–H and O–H groups in total. The zero-order chi connectivity index (χ0) is 13.8. The van der Waals surface area contributed by atoms with Crippen molar-refractivity contribution in [2.75, 3.05) is 7.11 Å². The van der Waals surface area contributed by atoms with Gasteiger partial charge in [-0.2, -0.15) is 0 Å². The molecule has 2 aromatic rings. The number of nitrogens with zero attached hydrogens (tertiary/aromatic N) is 1. The first kappa shape index (κ1) is 13.1. The van der Waals surface area contributed by atoms with Crippen LogP contribution in [-0.2, 0) is 6.42 Å². The summed E-state index contributed by atoms with van der Waals surface area (Å²) in [5.74, 6) is -1.95. The number of pyridine rings is 1. The molecule has 0 aliphatic carbocycles. The minimum atomic E-state index is -0.969. The molecule has 0 bridgehead atoms. The van der Waals surface area contributed by atoms with Crippen LogP contribution >= 0.6 is 0 Å². The molecule has 0 amide bonds. The van der Waals surface area contributed by atoms with Gasteiger partial charge >= 0.3 is 0 Å². The Balaban J connectivity index is 2.23. The number of carbonyl (C=O) groups excluding carboxylic acids is 1. The minimum Gasteiger partial charge on any atom is -0.480 e. The number of aromatic nitrogens is 1. The molecule has 1 aromatic carbocycles. The Hall–Kier alpha value is -2.30. The van der Waals surface area contributed by atoms with Crippen LogP contribution in [0, 0.1) is 11.6 Å². The van der Waals surface area contributed by atoms with Crippen molar-refractivity contribution >= 4 is 5.78 Å². The molecule has 1 aromatic heterocycles. The van der Waals surface area contributed by atoms with Gasteiger partial charge in [0.1, 0.15) is 0 Å². The van der Waals surface area contributed by atoms with Crippen molar-refractivity contribution in [2.45, 2.75) is 6.42 Å². The van der Waals surface area contributed by atoms with Gasteiger partial charge in [0.15, 0.2) is 17.4 Å². The third-order valence-electron chi connectivity index (χ3n) is 2.61. The number of hydrogen-bond acceptors (Lipinski definition) is 3. The number of ether oxygens (including phenoxy) is 1. The van der Waals surface area contributed by atoms with E-state index in [1.54, 1.807) is 12.1 Å². The molecule has 0 unspecified atom stereocenters. The topological polar surface area (TPSA) is 39.2 Å². The fourth-order valence-corrected chi connectivity index (χ4v) is 1.70. The van der Waals surface area contributed by atoms with Crippen molar-refractivity contribution < 1.29 is 18.3 Å². The predicted molar refractivity (Wildman–Crippen MR) is 65.2 cm³/mol. The largest absolute Gasteiger partial charge is 0.480 e. The van der Waals surface area contributed by atoms with Crippen LogP contribution in [0.5, 0.6) is 5.88 Å². The van der Waals surface area contributed by atoms with Gasteiger partial charge in [-0.05, 0) is 29.8 Å². The van der Waals surface area contributed by atoms with Gasteiger partial charge in [-0.3, -0.25) is 4.79 Å². The molecule has 1 heterocycles. The summed E-state index contributed by atoms with van der Waals surface area (Å²) in [6, 6.07) is 6.57. The van der Waals surface area contributed by atoms with Gasteiger partial charge in [0.2, 0.25) is 5.88 Å². The van der Waals surface area contributed by atoms with E-state index in [9.17, 15) is 13.6 Å². The molecule has 0 spiro atoms. The molecule has 0 saturated carbocycles. The third-order valence-corrected chi connectivity index (χ3v) is 2.61. The van der Waals surface area contributed by atoms with Gasteiger partial charge < -0.3 is 4.74 Å². The van der Waals surface area contributed by atoms with Crippen LogP contribution in [0.15, 0.2) is 36.5 Å². The summed E-state index contributed by atoms with van der Waals surface area (Å²) in [6.07, 6.45) is 1.46. The second-order valence-corrected chi connectivity index (χ2v) is 3.91. The lowest BCUT2D eigenvalue weighted by Crippen LogP contribution is -2.07. The summed E-state index contributed by atoms with van der Waals surface area (Å²) < 4.78 is 30.8. The average molecular weight is 263 g/mol. The van der Waals surface area contributed by atoms with E-state index in [1.807, 2.05) is 0 Å². The summed E-state index contributed by atoms with van der Waals surface area (Å²) in [5, 5.41) is 0. The lowest BCUT2D eigenvalue weighted by atomic mass is 10.0. The second-order valence-electron chi connectivity index (χ2n) is 3.91. The highest BCUT2D eigenvalue weighted by Gasteiger charge is 2.14. The number of ketones is 1. The van der Waals surface area contributed by atoms with Crippen LogP contribution in [0.2, 0.25) is 0 Å². The van der Waals surface area contributed by atoms with Crippen LogP contribution < -0.4 is 4.74 Å². The Morgan fingerprint density at radius 2 is 2.05 bits per heavy atom. The molecular weight excluding hydrogens is 252 g/mol. The quantitative estimate of drug-likeness (QED) is 0.796. The van der Waals surface area contributed by atoms with Crippen LogP contribution in [0.3, 0.4) is 0 Å². The number of rotatable bonds is 4. The summed E-state index contributed by atoms with van der Waals surface area (Å²) >= 11 is 0. The van der Waals surface area contributed by atoms with E-state index in [2.05, 4.69) is 4.98 Å². The van der Waals surface area contributed by atoms with Crippen molar-refractivity contribution in [3.8, 4) is 5.88 Å². The Morgan fingerprint density at radius 1 is 1.26 bits per heavy atom. The minimum absolute atomic E-state index is 0.0424. The van der Waals surface area contributed by atoms with E-state index in [0.717, 1.165) is 12.1 Å². The third kappa shape index (κ3) is 2.93. The highest BCUT2D eigenvalue weighted by Crippen LogP contribution is 2.17.